The van der Waals surface area contributed by atoms with Crippen LogP contribution in [0.5, 0.6) is 0 Å². The van der Waals surface area contributed by atoms with E-state index in [0.29, 0.717) is 11.6 Å². The Morgan fingerprint density at radius 1 is 1.40 bits per heavy atom. The van der Waals surface area contributed by atoms with Gasteiger partial charge < -0.3 is 10.2 Å². The second kappa shape index (κ2) is 3.96. The number of aromatic nitrogens is 1. The van der Waals surface area contributed by atoms with E-state index in [4.69, 9.17) is 10.2 Å². The molecular formula is C11H10N2O2. The van der Waals surface area contributed by atoms with E-state index < -0.39 is 0 Å². The normalized spacial score (nSPS) is 10.1. The Morgan fingerprint density at radius 2 is 2.27 bits per heavy atom. The first kappa shape index (κ1) is 9.45. The highest BCUT2D eigenvalue weighted by Gasteiger charge is 2.11. The second-order valence-electron chi connectivity index (χ2n) is 3.13. The van der Waals surface area contributed by atoms with Crippen molar-refractivity contribution in [2.24, 2.45) is 0 Å². The molecule has 0 aliphatic rings. The van der Waals surface area contributed by atoms with E-state index >= 15 is 0 Å². The van der Waals surface area contributed by atoms with Crippen molar-refractivity contribution in [3.8, 4) is 0 Å². The summed E-state index contributed by atoms with van der Waals surface area (Å²) in [5.41, 5.74) is 6.35. The minimum atomic E-state index is -0.0975. The highest BCUT2D eigenvalue weighted by Crippen LogP contribution is 2.11. The highest BCUT2D eigenvalue weighted by molar-refractivity contribution is 5.95. The predicted molar refractivity (Wildman–Crippen MR) is 55.4 cm³/mol. The lowest BCUT2D eigenvalue weighted by atomic mass is 10.1. The van der Waals surface area contributed by atoms with Gasteiger partial charge in [-0.25, -0.2) is 4.98 Å². The minimum absolute atomic E-state index is 0.0975. The number of rotatable bonds is 3. The van der Waals surface area contributed by atoms with Gasteiger partial charge in [-0.15, -0.1) is 0 Å². The third kappa shape index (κ3) is 2.04. The molecule has 0 aromatic carbocycles. The van der Waals surface area contributed by atoms with Crippen LogP contribution in [0.4, 0.5) is 5.82 Å². The van der Waals surface area contributed by atoms with Crippen LogP contribution in [0.2, 0.25) is 0 Å². The zero-order valence-electron chi connectivity index (χ0n) is 8.01. The molecule has 0 aliphatic carbocycles. The lowest BCUT2D eigenvalue weighted by Crippen LogP contribution is -2.05. The van der Waals surface area contributed by atoms with Gasteiger partial charge in [0.25, 0.3) is 0 Å². The zero-order valence-corrected chi connectivity index (χ0v) is 8.01. The largest absolute Gasteiger partial charge is 0.461 e. The molecule has 15 heavy (non-hydrogen) atoms. The molecule has 0 radical (unpaired) electrons. The summed E-state index contributed by atoms with van der Waals surface area (Å²) < 4.78 is 5.00. The topological polar surface area (TPSA) is 69.1 Å². The van der Waals surface area contributed by atoms with Crippen molar-refractivity contribution < 1.29 is 9.21 Å². The first-order valence-corrected chi connectivity index (χ1v) is 4.53. The van der Waals surface area contributed by atoms with Gasteiger partial charge in [0.15, 0.2) is 5.76 Å². The first-order valence-electron chi connectivity index (χ1n) is 4.53. The molecule has 2 rings (SSSR count). The summed E-state index contributed by atoms with van der Waals surface area (Å²) in [6.07, 6.45) is 3.28. The molecule has 0 unspecified atom stereocenters. The summed E-state index contributed by atoms with van der Waals surface area (Å²) in [5, 5.41) is 0. The number of furan rings is 1. The van der Waals surface area contributed by atoms with Crippen molar-refractivity contribution >= 4 is 11.6 Å². The number of pyridine rings is 1. The Bertz CT molecular complexity index is 463. The molecule has 0 aliphatic heterocycles. The molecule has 2 aromatic heterocycles. The predicted octanol–water partition coefficient (Wildman–Crippen LogP) is 1.68. The van der Waals surface area contributed by atoms with Crippen molar-refractivity contribution in [3.63, 3.8) is 0 Å². The smallest absolute Gasteiger partial charge is 0.202 e. The minimum Gasteiger partial charge on any atom is -0.461 e. The molecule has 0 saturated heterocycles. The lowest BCUT2D eigenvalue weighted by Gasteiger charge is -2.01. The van der Waals surface area contributed by atoms with E-state index in [0.717, 1.165) is 5.56 Å². The van der Waals surface area contributed by atoms with Crippen molar-refractivity contribution in [1.29, 1.82) is 0 Å². The number of nitrogens with two attached hydrogens (primary N) is 1. The van der Waals surface area contributed by atoms with Gasteiger partial charge in [-0.05, 0) is 18.2 Å². The van der Waals surface area contributed by atoms with Crippen molar-refractivity contribution in [3.05, 3.63) is 48.0 Å². The number of anilines is 1. The third-order valence-corrected chi connectivity index (χ3v) is 2.07. The molecule has 4 nitrogen and oxygen atoms in total. The Morgan fingerprint density at radius 3 is 2.93 bits per heavy atom. The quantitative estimate of drug-likeness (QED) is 0.769. The molecule has 0 saturated carbocycles. The van der Waals surface area contributed by atoms with Gasteiger partial charge in [0, 0.05) is 18.2 Å². The van der Waals surface area contributed by atoms with Crippen LogP contribution in [0.3, 0.4) is 0 Å². The fraction of sp³-hybridized carbons (Fsp3) is 0.0909. The fourth-order valence-electron chi connectivity index (χ4n) is 1.30. The number of carbonyl (C=O) groups is 1. The van der Waals surface area contributed by atoms with Gasteiger partial charge >= 0.3 is 0 Å². The fourth-order valence-corrected chi connectivity index (χ4v) is 1.30. The lowest BCUT2D eigenvalue weighted by molar-refractivity contribution is 0.0966. The number of hydrogen-bond acceptors (Lipinski definition) is 4. The van der Waals surface area contributed by atoms with Gasteiger partial charge in [0.2, 0.25) is 5.78 Å². The number of carbonyl (C=O) groups excluding carboxylic acids is 1. The summed E-state index contributed by atoms with van der Waals surface area (Å²) in [7, 11) is 0. The van der Waals surface area contributed by atoms with E-state index in [-0.39, 0.29) is 12.2 Å². The van der Waals surface area contributed by atoms with Crippen molar-refractivity contribution in [2.75, 3.05) is 5.73 Å². The van der Waals surface area contributed by atoms with E-state index in [1.165, 1.54) is 6.26 Å². The Balaban J connectivity index is 2.17. The Labute approximate surface area is 86.7 Å². The molecule has 2 aromatic rings. The third-order valence-electron chi connectivity index (χ3n) is 2.07. The van der Waals surface area contributed by atoms with Crippen LogP contribution in [-0.4, -0.2) is 10.8 Å². The van der Waals surface area contributed by atoms with Gasteiger partial charge in [-0.3, -0.25) is 4.79 Å². The molecule has 0 amide bonds. The van der Waals surface area contributed by atoms with Crippen LogP contribution in [0, 0.1) is 0 Å². The van der Waals surface area contributed by atoms with Crippen molar-refractivity contribution in [2.45, 2.75) is 6.42 Å². The maximum Gasteiger partial charge on any atom is 0.202 e. The number of ketones is 1. The van der Waals surface area contributed by atoms with Gasteiger partial charge in [-0.1, -0.05) is 6.07 Å². The Hall–Kier alpha value is -2.10. The molecule has 76 valence electrons. The molecule has 2 N–H and O–H groups in total. The molecular weight excluding hydrogens is 192 g/mol. The maximum absolute atomic E-state index is 11.7. The summed E-state index contributed by atoms with van der Waals surface area (Å²) in [6.45, 7) is 0. The average molecular weight is 202 g/mol. The molecule has 0 fully saturated rings. The van der Waals surface area contributed by atoms with E-state index in [1.807, 2.05) is 0 Å². The van der Waals surface area contributed by atoms with Gasteiger partial charge in [0.05, 0.1) is 6.26 Å². The Kier molecular flexibility index (Phi) is 2.49. The first-order chi connectivity index (χ1) is 7.27. The second-order valence-corrected chi connectivity index (χ2v) is 3.13. The van der Waals surface area contributed by atoms with Crippen molar-refractivity contribution in [1.82, 2.24) is 4.98 Å². The average Bonchev–Trinajstić information content (AvgIpc) is 2.74. The zero-order chi connectivity index (χ0) is 10.7. The van der Waals surface area contributed by atoms with Gasteiger partial charge in [-0.2, -0.15) is 0 Å². The molecule has 0 atom stereocenters. The summed E-state index contributed by atoms with van der Waals surface area (Å²) in [4.78, 5) is 15.6. The highest BCUT2D eigenvalue weighted by atomic mass is 16.3. The molecule has 0 bridgehead atoms. The van der Waals surface area contributed by atoms with Crippen LogP contribution in [0.15, 0.2) is 41.1 Å². The maximum atomic E-state index is 11.7. The molecule has 2 heterocycles. The van der Waals surface area contributed by atoms with Crippen LogP contribution in [-0.2, 0) is 6.42 Å². The number of hydrogen-bond donors (Lipinski definition) is 1. The van der Waals surface area contributed by atoms with E-state index in [9.17, 15) is 4.79 Å². The van der Waals surface area contributed by atoms with Crippen LogP contribution in [0.25, 0.3) is 0 Å². The van der Waals surface area contributed by atoms with E-state index in [1.54, 1.807) is 30.5 Å². The number of nitrogens with zero attached hydrogens (tertiary/aromatic N) is 1. The number of nitrogen functional groups attached to an aromatic ring is 1. The molecule has 4 heteroatoms. The molecule has 0 spiro atoms. The van der Waals surface area contributed by atoms with E-state index in [2.05, 4.69) is 4.98 Å². The summed E-state index contributed by atoms with van der Waals surface area (Å²) >= 11 is 0. The number of Topliss-reactive ketones (excluding diaryl/α,β-unsaturated/α-hetero) is 1. The SMILES string of the molecule is Nc1ncccc1CC(=O)c1ccco1. The summed E-state index contributed by atoms with van der Waals surface area (Å²) in [5.74, 6) is 0.635. The monoisotopic (exact) mass is 202 g/mol. The summed E-state index contributed by atoms with van der Waals surface area (Å²) in [6, 6.07) is 6.85. The van der Waals surface area contributed by atoms with Crippen LogP contribution >= 0.6 is 0 Å². The van der Waals surface area contributed by atoms with Crippen LogP contribution < -0.4 is 5.73 Å². The van der Waals surface area contributed by atoms with Gasteiger partial charge in [0.1, 0.15) is 5.82 Å². The van der Waals surface area contributed by atoms with Crippen LogP contribution in [0.1, 0.15) is 16.1 Å². The standard InChI is InChI=1S/C11H10N2O2/c12-11-8(3-1-5-13-11)7-9(14)10-4-2-6-15-10/h1-6H,7H2,(H2,12,13).